The molecule has 9 heteroatoms. The van der Waals surface area contributed by atoms with Crippen LogP contribution in [0.25, 0.3) is 0 Å². The SMILES string of the molecule is CCNc1nnc(SCC(=O)c2ccc(C)c([N+](=O)[O-])c2)s1. The van der Waals surface area contributed by atoms with Crippen LogP contribution in [0.3, 0.4) is 0 Å². The van der Waals surface area contributed by atoms with E-state index < -0.39 is 4.92 Å². The van der Waals surface area contributed by atoms with Crippen molar-refractivity contribution in [3.8, 4) is 0 Å². The van der Waals surface area contributed by atoms with Gasteiger partial charge < -0.3 is 5.32 Å². The van der Waals surface area contributed by atoms with E-state index in [-0.39, 0.29) is 17.2 Å². The van der Waals surface area contributed by atoms with E-state index >= 15 is 0 Å². The Morgan fingerprint density at radius 3 is 2.91 bits per heavy atom. The zero-order valence-corrected chi connectivity index (χ0v) is 13.7. The van der Waals surface area contributed by atoms with Gasteiger partial charge in [-0.1, -0.05) is 35.2 Å². The molecule has 1 N–H and O–H groups in total. The molecule has 0 aliphatic carbocycles. The average molecular weight is 338 g/mol. The number of ketones is 1. The highest BCUT2D eigenvalue weighted by molar-refractivity contribution is 8.01. The van der Waals surface area contributed by atoms with Crippen molar-refractivity contribution in [3.05, 3.63) is 39.4 Å². The first-order valence-corrected chi connectivity index (χ1v) is 8.30. The van der Waals surface area contributed by atoms with Crippen molar-refractivity contribution in [1.82, 2.24) is 10.2 Å². The number of rotatable bonds is 7. The van der Waals surface area contributed by atoms with Crippen molar-refractivity contribution < 1.29 is 9.72 Å². The summed E-state index contributed by atoms with van der Waals surface area (Å²) in [6.07, 6.45) is 0. The van der Waals surface area contributed by atoms with Crippen LogP contribution in [0.15, 0.2) is 22.5 Å². The fourth-order valence-corrected chi connectivity index (χ4v) is 3.40. The first-order chi connectivity index (χ1) is 10.5. The summed E-state index contributed by atoms with van der Waals surface area (Å²) in [6, 6.07) is 4.52. The Kier molecular flexibility index (Phi) is 5.45. The van der Waals surface area contributed by atoms with Gasteiger partial charge in [-0.3, -0.25) is 14.9 Å². The molecule has 7 nitrogen and oxygen atoms in total. The third-order valence-electron chi connectivity index (χ3n) is 2.79. The summed E-state index contributed by atoms with van der Waals surface area (Å²) in [5, 5.41) is 22.6. The zero-order chi connectivity index (χ0) is 16.1. The molecule has 1 aromatic heterocycles. The quantitative estimate of drug-likeness (QED) is 0.358. The lowest BCUT2D eigenvalue weighted by Gasteiger charge is -2.01. The summed E-state index contributed by atoms with van der Waals surface area (Å²) in [4.78, 5) is 22.6. The van der Waals surface area contributed by atoms with Gasteiger partial charge >= 0.3 is 0 Å². The smallest absolute Gasteiger partial charge is 0.273 e. The molecule has 0 bridgehead atoms. The van der Waals surface area contributed by atoms with Gasteiger partial charge in [0.1, 0.15) is 0 Å². The molecule has 0 radical (unpaired) electrons. The van der Waals surface area contributed by atoms with E-state index in [1.54, 1.807) is 19.1 Å². The van der Waals surface area contributed by atoms with Crippen LogP contribution in [0.2, 0.25) is 0 Å². The van der Waals surface area contributed by atoms with Crippen molar-refractivity contribution >= 4 is 39.7 Å². The Labute approximate surface area is 135 Å². The number of nitro groups is 1. The highest BCUT2D eigenvalue weighted by Gasteiger charge is 2.16. The van der Waals surface area contributed by atoms with E-state index in [1.165, 1.54) is 29.2 Å². The molecule has 116 valence electrons. The van der Waals surface area contributed by atoms with Gasteiger partial charge in [0.15, 0.2) is 10.1 Å². The van der Waals surface area contributed by atoms with Crippen LogP contribution in [0.5, 0.6) is 0 Å². The standard InChI is InChI=1S/C13H14N4O3S2/c1-3-14-12-15-16-13(22-12)21-7-11(18)9-5-4-8(2)10(6-9)17(19)20/h4-6H,3,7H2,1-2H3,(H,14,15). The number of thioether (sulfide) groups is 1. The molecule has 1 heterocycles. The summed E-state index contributed by atoms with van der Waals surface area (Å²) in [6.45, 7) is 4.36. The number of Topliss-reactive ketones (excluding diaryl/α,β-unsaturated/α-hetero) is 1. The molecule has 0 spiro atoms. The van der Waals surface area contributed by atoms with Crippen molar-refractivity contribution in [2.24, 2.45) is 0 Å². The second-order valence-electron chi connectivity index (χ2n) is 4.37. The molecule has 0 amide bonds. The van der Waals surface area contributed by atoms with E-state index in [2.05, 4.69) is 15.5 Å². The molecule has 0 aliphatic heterocycles. The number of nitrogens with one attached hydrogen (secondary N) is 1. The Balaban J connectivity index is 2.02. The van der Waals surface area contributed by atoms with Crippen molar-refractivity contribution in [2.45, 2.75) is 18.2 Å². The lowest BCUT2D eigenvalue weighted by Crippen LogP contribution is -2.04. The number of hydrogen-bond donors (Lipinski definition) is 1. The van der Waals surface area contributed by atoms with Gasteiger partial charge in [-0.2, -0.15) is 0 Å². The monoisotopic (exact) mass is 338 g/mol. The van der Waals surface area contributed by atoms with Gasteiger partial charge in [-0.25, -0.2) is 0 Å². The number of carbonyl (C=O) groups is 1. The van der Waals surface area contributed by atoms with Gasteiger partial charge in [-0.05, 0) is 13.8 Å². The summed E-state index contributed by atoms with van der Waals surface area (Å²) in [5.74, 6) is -0.00524. The highest BCUT2D eigenvalue weighted by Crippen LogP contribution is 2.27. The molecule has 0 saturated carbocycles. The van der Waals surface area contributed by atoms with Gasteiger partial charge in [0, 0.05) is 23.7 Å². The number of benzene rings is 1. The maximum absolute atomic E-state index is 12.1. The normalized spacial score (nSPS) is 10.5. The minimum Gasteiger partial charge on any atom is -0.360 e. The lowest BCUT2D eigenvalue weighted by molar-refractivity contribution is -0.385. The Morgan fingerprint density at radius 1 is 1.45 bits per heavy atom. The van der Waals surface area contributed by atoms with E-state index in [4.69, 9.17) is 0 Å². The van der Waals surface area contributed by atoms with Gasteiger partial charge in [0.2, 0.25) is 5.13 Å². The van der Waals surface area contributed by atoms with E-state index in [0.29, 0.717) is 20.6 Å². The Hall–Kier alpha value is -2.00. The fraction of sp³-hybridized carbons (Fsp3) is 0.308. The molecule has 1 aromatic carbocycles. The number of aromatic nitrogens is 2. The molecule has 0 atom stereocenters. The zero-order valence-electron chi connectivity index (χ0n) is 12.0. The van der Waals surface area contributed by atoms with Crippen molar-refractivity contribution in [1.29, 1.82) is 0 Å². The number of nitro benzene ring substituents is 1. The fourth-order valence-electron chi connectivity index (χ4n) is 1.68. The number of anilines is 1. The topological polar surface area (TPSA) is 98.0 Å². The summed E-state index contributed by atoms with van der Waals surface area (Å²) < 4.78 is 0.686. The minimum absolute atomic E-state index is 0.0406. The summed E-state index contributed by atoms with van der Waals surface area (Å²) >= 11 is 2.65. The number of hydrogen-bond acceptors (Lipinski definition) is 8. The Bertz CT molecular complexity index is 702. The number of carbonyl (C=O) groups excluding carboxylic acids is 1. The summed E-state index contributed by atoms with van der Waals surface area (Å²) in [7, 11) is 0. The predicted octanol–water partition coefficient (Wildman–Crippen LogP) is 3.16. The van der Waals surface area contributed by atoms with Crippen LogP contribution in [0, 0.1) is 17.0 Å². The second kappa shape index (κ2) is 7.32. The van der Waals surface area contributed by atoms with E-state index in [1.807, 2.05) is 6.92 Å². The highest BCUT2D eigenvalue weighted by atomic mass is 32.2. The minimum atomic E-state index is -0.479. The van der Waals surface area contributed by atoms with E-state index in [9.17, 15) is 14.9 Å². The Morgan fingerprint density at radius 2 is 2.23 bits per heavy atom. The maximum Gasteiger partial charge on any atom is 0.273 e. The number of nitrogens with zero attached hydrogens (tertiary/aromatic N) is 3. The third-order valence-corrected chi connectivity index (χ3v) is 4.80. The molecular weight excluding hydrogens is 324 g/mol. The average Bonchev–Trinajstić information content (AvgIpc) is 2.93. The maximum atomic E-state index is 12.1. The number of aryl methyl sites for hydroxylation is 1. The molecule has 0 fully saturated rings. The second-order valence-corrected chi connectivity index (χ2v) is 6.57. The van der Waals surface area contributed by atoms with Crippen LogP contribution >= 0.6 is 23.1 Å². The van der Waals surface area contributed by atoms with Crippen LogP contribution < -0.4 is 5.32 Å². The van der Waals surface area contributed by atoms with Crippen LogP contribution in [-0.4, -0.2) is 33.2 Å². The van der Waals surface area contributed by atoms with E-state index in [0.717, 1.165) is 6.54 Å². The molecule has 0 aliphatic rings. The van der Waals surface area contributed by atoms with Crippen molar-refractivity contribution in [3.63, 3.8) is 0 Å². The lowest BCUT2D eigenvalue weighted by atomic mass is 10.1. The van der Waals surface area contributed by atoms with Gasteiger partial charge in [0.05, 0.1) is 10.7 Å². The largest absolute Gasteiger partial charge is 0.360 e. The van der Waals surface area contributed by atoms with Crippen LogP contribution in [0.4, 0.5) is 10.8 Å². The van der Waals surface area contributed by atoms with Gasteiger partial charge in [0.25, 0.3) is 5.69 Å². The third kappa shape index (κ3) is 4.01. The molecule has 2 rings (SSSR count). The molecular formula is C13H14N4O3S2. The first kappa shape index (κ1) is 16.4. The molecule has 0 unspecified atom stereocenters. The first-order valence-electron chi connectivity index (χ1n) is 6.49. The molecule has 2 aromatic rings. The summed E-state index contributed by atoms with van der Waals surface area (Å²) in [5.41, 5.74) is 0.830. The van der Waals surface area contributed by atoms with Crippen LogP contribution in [-0.2, 0) is 0 Å². The predicted molar refractivity (Wildman–Crippen MR) is 87.0 cm³/mol. The molecule has 22 heavy (non-hydrogen) atoms. The van der Waals surface area contributed by atoms with Crippen LogP contribution in [0.1, 0.15) is 22.8 Å². The molecule has 0 saturated heterocycles. The van der Waals surface area contributed by atoms with Crippen molar-refractivity contribution in [2.75, 3.05) is 17.6 Å². The van der Waals surface area contributed by atoms with Gasteiger partial charge in [-0.15, -0.1) is 10.2 Å².